The smallest absolute Gasteiger partial charge is 0.263 e. The monoisotopic (exact) mass is 384 g/mol. The molecule has 0 atom stereocenters. The number of nitrogens with zero attached hydrogens (tertiary/aromatic N) is 2. The van der Waals surface area contributed by atoms with Crippen LogP contribution in [0, 0.1) is 6.92 Å². The summed E-state index contributed by atoms with van der Waals surface area (Å²) in [5.41, 5.74) is 2.79. The maximum absolute atomic E-state index is 12.5. The molecule has 1 amide bonds. The molecule has 3 aromatic rings. The van der Waals surface area contributed by atoms with Crippen LogP contribution >= 0.6 is 0 Å². The molecule has 3 rings (SSSR count). The number of nitrogens with one attached hydrogen (secondary N) is 2. The van der Waals surface area contributed by atoms with E-state index in [4.69, 9.17) is 0 Å². The van der Waals surface area contributed by atoms with Gasteiger partial charge in [-0.25, -0.2) is 8.42 Å². The fourth-order valence-electron chi connectivity index (χ4n) is 2.58. The van der Waals surface area contributed by atoms with Gasteiger partial charge < -0.3 is 5.32 Å². The molecule has 0 saturated carbocycles. The largest absolute Gasteiger partial charge is 0.326 e. The number of rotatable bonds is 6. The minimum Gasteiger partial charge on any atom is -0.326 e. The molecule has 0 spiro atoms. The van der Waals surface area contributed by atoms with Crippen molar-refractivity contribution in [2.75, 3.05) is 10.0 Å². The lowest BCUT2D eigenvalue weighted by atomic mass is 10.1. The average molecular weight is 384 g/mol. The second kappa shape index (κ2) is 7.63. The average Bonchev–Trinajstić information content (AvgIpc) is 3.03. The lowest BCUT2D eigenvalue weighted by molar-refractivity contribution is -0.114. The van der Waals surface area contributed by atoms with Crippen LogP contribution in [0.2, 0.25) is 0 Å². The minimum atomic E-state index is -3.76. The fraction of sp³-hybridized carbons (Fsp3) is 0.158. The molecule has 7 nitrogen and oxygen atoms in total. The summed E-state index contributed by atoms with van der Waals surface area (Å²) < 4.78 is 29.2. The number of aromatic nitrogens is 2. The van der Waals surface area contributed by atoms with Crippen LogP contribution in [0.4, 0.5) is 11.5 Å². The third-order valence-electron chi connectivity index (χ3n) is 3.96. The lowest BCUT2D eigenvalue weighted by Crippen LogP contribution is -2.14. The quantitative estimate of drug-likeness (QED) is 0.683. The number of hydrogen-bond acceptors (Lipinski definition) is 4. The van der Waals surface area contributed by atoms with E-state index in [1.54, 1.807) is 16.9 Å². The standard InChI is InChI=1S/C19H20N4O3S/c1-14-5-3-4-6-16(14)13-23-12-11-19(21-23)22-27(25,26)18-9-7-17(8-10-18)20-15(2)24/h3-12H,13H2,1-2H3,(H,20,24)(H,21,22). The first-order chi connectivity index (χ1) is 12.8. The van der Waals surface area contributed by atoms with Gasteiger partial charge in [0.2, 0.25) is 5.91 Å². The summed E-state index contributed by atoms with van der Waals surface area (Å²) in [4.78, 5) is 11.1. The van der Waals surface area contributed by atoms with E-state index in [1.165, 1.54) is 31.2 Å². The number of amides is 1. The minimum absolute atomic E-state index is 0.0880. The van der Waals surface area contributed by atoms with Crippen molar-refractivity contribution < 1.29 is 13.2 Å². The third-order valence-corrected chi connectivity index (χ3v) is 5.33. The van der Waals surface area contributed by atoms with E-state index >= 15 is 0 Å². The zero-order valence-corrected chi connectivity index (χ0v) is 15.8. The number of benzene rings is 2. The Morgan fingerprint density at radius 1 is 1.07 bits per heavy atom. The summed E-state index contributed by atoms with van der Waals surface area (Å²) in [5.74, 6) is 0.0254. The molecule has 2 N–H and O–H groups in total. The van der Waals surface area contributed by atoms with Crippen LogP contribution in [-0.4, -0.2) is 24.1 Å². The molecule has 0 saturated heterocycles. The summed E-state index contributed by atoms with van der Waals surface area (Å²) >= 11 is 0. The molecule has 1 heterocycles. The first kappa shape index (κ1) is 18.7. The highest BCUT2D eigenvalue weighted by atomic mass is 32.2. The number of carbonyl (C=O) groups is 1. The van der Waals surface area contributed by atoms with Crippen LogP contribution < -0.4 is 10.0 Å². The van der Waals surface area contributed by atoms with Gasteiger partial charge in [-0.2, -0.15) is 5.10 Å². The molecule has 1 aromatic heterocycles. The van der Waals surface area contributed by atoms with Crippen LogP contribution in [0.25, 0.3) is 0 Å². The van der Waals surface area contributed by atoms with Crippen molar-refractivity contribution in [2.45, 2.75) is 25.3 Å². The van der Waals surface area contributed by atoms with Gasteiger partial charge in [-0.1, -0.05) is 24.3 Å². The van der Waals surface area contributed by atoms with Gasteiger partial charge in [0.25, 0.3) is 10.0 Å². The first-order valence-corrected chi connectivity index (χ1v) is 9.80. The second-order valence-corrected chi connectivity index (χ2v) is 7.82. The van der Waals surface area contributed by atoms with Gasteiger partial charge in [-0.15, -0.1) is 0 Å². The highest BCUT2D eigenvalue weighted by Gasteiger charge is 2.15. The molecule has 0 bridgehead atoms. The van der Waals surface area contributed by atoms with Crippen molar-refractivity contribution in [1.29, 1.82) is 0 Å². The van der Waals surface area contributed by atoms with Crippen LogP contribution in [0.15, 0.2) is 65.7 Å². The van der Waals surface area contributed by atoms with Crippen molar-refractivity contribution in [3.63, 3.8) is 0 Å². The number of carbonyl (C=O) groups excluding carboxylic acids is 1. The molecule has 0 aliphatic heterocycles. The Hall–Kier alpha value is -3.13. The molecule has 0 radical (unpaired) electrons. The Labute approximate surface area is 158 Å². The van der Waals surface area contributed by atoms with Crippen LogP contribution in [0.5, 0.6) is 0 Å². The maximum Gasteiger partial charge on any atom is 0.263 e. The third kappa shape index (κ3) is 4.73. The highest BCUT2D eigenvalue weighted by molar-refractivity contribution is 7.92. The Bertz CT molecular complexity index is 1060. The molecule has 0 unspecified atom stereocenters. The van der Waals surface area contributed by atoms with Gasteiger partial charge in [0, 0.05) is 24.9 Å². The molecule has 27 heavy (non-hydrogen) atoms. The summed E-state index contributed by atoms with van der Waals surface area (Å²) in [6.07, 6.45) is 1.73. The van der Waals surface area contributed by atoms with E-state index in [2.05, 4.69) is 15.1 Å². The van der Waals surface area contributed by atoms with Crippen LogP contribution in [0.1, 0.15) is 18.1 Å². The molecule has 8 heteroatoms. The molecule has 2 aromatic carbocycles. The molecular weight excluding hydrogens is 364 g/mol. The van der Waals surface area contributed by atoms with Crippen molar-refractivity contribution in [2.24, 2.45) is 0 Å². The van der Waals surface area contributed by atoms with Gasteiger partial charge in [0.15, 0.2) is 5.82 Å². The number of hydrogen-bond donors (Lipinski definition) is 2. The topological polar surface area (TPSA) is 93.1 Å². The second-order valence-electron chi connectivity index (χ2n) is 6.14. The van der Waals surface area contributed by atoms with Gasteiger partial charge in [-0.05, 0) is 42.3 Å². The number of aryl methyl sites for hydroxylation is 1. The summed E-state index contributed by atoms with van der Waals surface area (Å²) in [6.45, 7) is 3.96. The summed E-state index contributed by atoms with van der Waals surface area (Å²) in [7, 11) is -3.76. The zero-order valence-electron chi connectivity index (χ0n) is 15.0. The Morgan fingerprint density at radius 3 is 2.44 bits per heavy atom. The van der Waals surface area contributed by atoms with Gasteiger partial charge in [0.05, 0.1) is 11.4 Å². The van der Waals surface area contributed by atoms with E-state index in [0.717, 1.165) is 11.1 Å². The lowest BCUT2D eigenvalue weighted by Gasteiger charge is -2.08. The van der Waals surface area contributed by atoms with Crippen molar-refractivity contribution in [3.05, 3.63) is 71.9 Å². The van der Waals surface area contributed by atoms with E-state index in [9.17, 15) is 13.2 Å². The van der Waals surface area contributed by atoms with E-state index in [1.807, 2.05) is 31.2 Å². The Balaban J connectivity index is 1.72. The molecule has 0 aliphatic carbocycles. The zero-order chi connectivity index (χ0) is 19.4. The van der Waals surface area contributed by atoms with Crippen molar-refractivity contribution >= 4 is 27.4 Å². The van der Waals surface area contributed by atoms with Crippen molar-refractivity contribution in [3.8, 4) is 0 Å². The number of anilines is 2. The molecule has 0 fully saturated rings. The van der Waals surface area contributed by atoms with Gasteiger partial charge in [-0.3, -0.25) is 14.2 Å². The molecule has 0 aliphatic rings. The first-order valence-electron chi connectivity index (χ1n) is 8.32. The van der Waals surface area contributed by atoms with Crippen molar-refractivity contribution in [1.82, 2.24) is 9.78 Å². The highest BCUT2D eigenvalue weighted by Crippen LogP contribution is 2.18. The fourth-order valence-corrected chi connectivity index (χ4v) is 3.58. The van der Waals surface area contributed by atoms with E-state index < -0.39 is 10.0 Å². The summed E-state index contributed by atoms with van der Waals surface area (Å²) in [5, 5.41) is 6.88. The van der Waals surface area contributed by atoms with Gasteiger partial charge >= 0.3 is 0 Å². The van der Waals surface area contributed by atoms with E-state index in [0.29, 0.717) is 12.2 Å². The van der Waals surface area contributed by atoms with Crippen LogP contribution in [0.3, 0.4) is 0 Å². The Kier molecular flexibility index (Phi) is 5.27. The van der Waals surface area contributed by atoms with Gasteiger partial charge in [0.1, 0.15) is 0 Å². The molecule has 140 valence electrons. The predicted molar refractivity (Wildman–Crippen MR) is 104 cm³/mol. The van der Waals surface area contributed by atoms with E-state index in [-0.39, 0.29) is 16.6 Å². The van der Waals surface area contributed by atoms with Crippen LogP contribution in [-0.2, 0) is 21.4 Å². The maximum atomic E-state index is 12.5. The summed E-state index contributed by atoms with van der Waals surface area (Å²) in [6, 6.07) is 15.5. The number of sulfonamides is 1. The normalized spacial score (nSPS) is 11.2. The molecular formula is C19H20N4O3S. The SMILES string of the molecule is CC(=O)Nc1ccc(S(=O)(=O)Nc2ccn(Cc3ccccc3C)n2)cc1. The Morgan fingerprint density at radius 2 is 1.78 bits per heavy atom. The predicted octanol–water partition coefficient (Wildman–Crippen LogP) is 3.00.